The predicted octanol–water partition coefficient (Wildman–Crippen LogP) is 3.60. The minimum atomic E-state index is -0.285. The first kappa shape index (κ1) is 19.3. The van der Waals surface area contributed by atoms with Crippen molar-refractivity contribution in [3.8, 4) is 5.75 Å². The van der Waals surface area contributed by atoms with Crippen LogP contribution in [0, 0.1) is 5.92 Å². The molecule has 2 aromatic rings. The van der Waals surface area contributed by atoms with Crippen LogP contribution in [0.4, 0.5) is 0 Å². The van der Waals surface area contributed by atoms with Gasteiger partial charge in [-0.25, -0.2) is 0 Å². The number of hydrogen-bond donors (Lipinski definition) is 2. The van der Waals surface area contributed by atoms with E-state index >= 15 is 0 Å². The highest BCUT2D eigenvalue weighted by Gasteiger charge is 2.22. The van der Waals surface area contributed by atoms with E-state index in [1.54, 1.807) is 0 Å². The first-order valence-electron chi connectivity index (χ1n) is 8.50. The zero-order chi connectivity index (χ0) is 16.8. The molecule has 0 aliphatic heterocycles. The summed E-state index contributed by atoms with van der Waals surface area (Å²) in [5.41, 5.74) is 8.07. The van der Waals surface area contributed by atoms with Gasteiger partial charge in [-0.05, 0) is 30.4 Å². The molecule has 3 N–H and O–H groups in total. The quantitative estimate of drug-likeness (QED) is 0.755. The molecule has 1 aliphatic carbocycles. The molecule has 1 saturated carbocycles. The summed E-state index contributed by atoms with van der Waals surface area (Å²) in [4.78, 5) is 12.2. The zero-order valence-corrected chi connectivity index (χ0v) is 15.0. The Labute approximate surface area is 155 Å². The van der Waals surface area contributed by atoms with E-state index in [2.05, 4.69) is 5.32 Å². The fourth-order valence-electron chi connectivity index (χ4n) is 2.57. The summed E-state index contributed by atoms with van der Waals surface area (Å²) >= 11 is 0. The second-order valence-corrected chi connectivity index (χ2v) is 6.36. The van der Waals surface area contributed by atoms with Crippen LogP contribution in [0.5, 0.6) is 5.75 Å². The number of carbonyl (C=O) groups excluding carboxylic acids is 1. The van der Waals surface area contributed by atoms with Crippen molar-refractivity contribution in [2.75, 3.05) is 6.61 Å². The van der Waals surface area contributed by atoms with Gasteiger partial charge in [0.1, 0.15) is 5.75 Å². The number of nitrogens with one attached hydrogen (secondary N) is 1. The molecule has 1 aliphatic rings. The van der Waals surface area contributed by atoms with E-state index < -0.39 is 0 Å². The van der Waals surface area contributed by atoms with E-state index in [9.17, 15) is 4.79 Å². The monoisotopic (exact) mass is 360 g/mol. The van der Waals surface area contributed by atoms with Crippen molar-refractivity contribution >= 4 is 18.3 Å². The topological polar surface area (TPSA) is 64.4 Å². The molecule has 5 heteroatoms. The van der Waals surface area contributed by atoms with Crippen molar-refractivity contribution in [3.63, 3.8) is 0 Å². The number of rotatable bonds is 8. The van der Waals surface area contributed by atoms with Gasteiger partial charge in [-0.2, -0.15) is 0 Å². The van der Waals surface area contributed by atoms with E-state index in [1.807, 2.05) is 54.6 Å². The number of benzene rings is 2. The van der Waals surface area contributed by atoms with Gasteiger partial charge in [0.2, 0.25) is 5.91 Å². The highest BCUT2D eigenvalue weighted by Crippen LogP contribution is 2.30. The van der Waals surface area contributed by atoms with Crippen molar-refractivity contribution in [3.05, 3.63) is 65.7 Å². The molecule has 0 spiro atoms. The van der Waals surface area contributed by atoms with Crippen LogP contribution in [0.25, 0.3) is 0 Å². The fourth-order valence-corrected chi connectivity index (χ4v) is 2.57. The normalized spacial score (nSPS) is 14.3. The van der Waals surface area contributed by atoms with Gasteiger partial charge in [-0.1, -0.05) is 48.5 Å². The summed E-state index contributed by atoms with van der Waals surface area (Å²) < 4.78 is 5.87. The van der Waals surface area contributed by atoms with E-state index in [1.165, 1.54) is 12.8 Å². The Morgan fingerprint density at radius 1 is 1.12 bits per heavy atom. The summed E-state index contributed by atoms with van der Waals surface area (Å²) in [5.74, 6) is 1.51. The maximum atomic E-state index is 12.2. The Balaban J connectivity index is 0.00000225. The standard InChI is InChI=1S/C20H24N2O2.ClH/c21-18(16-6-2-1-3-7-16)12-20(23)22-13-17-8-4-5-9-19(17)24-14-15-10-11-15;/h1-9,15,18H,10-14,21H2,(H,22,23);1H. The first-order chi connectivity index (χ1) is 11.7. The molecule has 1 fully saturated rings. The summed E-state index contributed by atoms with van der Waals surface area (Å²) in [6, 6.07) is 17.3. The Morgan fingerprint density at radius 3 is 2.52 bits per heavy atom. The average Bonchev–Trinajstić information content (AvgIpc) is 3.44. The molecular weight excluding hydrogens is 336 g/mol. The number of para-hydroxylation sites is 1. The molecule has 1 unspecified atom stereocenters. The summed E-state index contributed by atoms with van der Waals surface area (Å²) in [7, 11) is 0. The lowest BCUT2D eigenvalue weighted by Crippen LogP contribution is -2.27. The number of hydrogen-bond acceptors (Lipinski definition) is 3. The van der Waals surface area contributed by atoms with Gasteiger partial charge in [-0.15, -0.1) is 12.4 Å². The van der Waals surface area contributed by atoms with Crippen LogP contribution in [-0.2, 0) is 11.3 Å². The third-order valence-electron chi connectivity index (χ3n) is 4.25. The van der Waals surface area contributed by atoms with E-state index in [0.717, 1.165) is 23.5 Å². The van der Waals surface area contributed by atoms with Gasteiger partial charge in [0, 0.05) is 24.6 Å². The van der Waals surface area contributed by atoms with Crippen LogP contribution < -0.4 is 15.8 Å². The molecule has 4 nitrogen and oxygen atoms in total. The molecule has 25 heavy (non-hydrogen) atoms. The highest BCUT2D eigenvalue weighted by molar-refractivity contribution is 5.85. The first-order valence-corrected chi connectivity index (χ1v) is 8.50. The number of carbonyl (C=O) groups is 1. The van der Waals surface area contributed by atoms with E-state index in [0.29, 0.717) is 12.5 Å². The smallest absolute Gasteiger partial charge is 0.222 e. The third kappa shape index (κ3) is 6.07. The Bertz CT molecular complexity index is 674. The van der Waals surface area contributed by atoms with Crippen LogP contribution in [0.15, 0.2) is 54.6 Å². The van der Waals surface area contributed by atoms with Gasteiger partial charge < -0.3 is 15.8 Å². The molecule has 0 heterocycles. The molecule has 1 amide bonds. The van der Waals surface area contributed by atoms with Gasteiger partial charge in [-0.3, -0.25) is 4.79 Å². The van der Waals surface area contributed by atoms with Gasteiger partial charge in [0.25, 0.3) is 0 Å². The predicted molar refractivity (Wildman–Crippen MR) is 102 cm³/mol. The molecule has 0 radical (unpaired) electrons. The maximum absolute atomic E-state index is 12.2. The number of nitrogens with two attached hydrogens (primary N) is 1. The lowest BCUT2D eigenvalue weighted by atomic mass is 10.0. The van der Waals surface area contributed by atoms with Crippen LogP contribution >= 0.6 is 12.4 Å². The molecule has 0 saturated heterocycles. The molecule has 134 valence electrons. The highest BCUT2D eigenvalue weighted by atomic mass is 35.5. The van der Waals surface area contributed by atoms with Crippen molar-refractivity contribution in [2.45, 2.75) is 31.8 Å². The van der Waals surface area contributed by atoms with Crippen LogP contribution in [0.1, 0.15) is 36.4 Å². The lowest BCUT2D eigenvalue weighted by molar-refractivity contribution is -0.121. The van der Waals surface area contributed by atoms with Crippen LogP contribution in [-0.4, -0.2) is 12.5 Å². The Morgan fingerprint density at radius 2 is 1.80 bits per heavy atom. The molecule has 3 rings (SSSR count). The largest absolute Gasteiger partial charge is 0.493 e. The summed E-state index contributed by atoms with van der Waals surface area (Å²) in [6.07, 6.45) is 2.79. The molecule has 2 aromatic carbocycles. The molecule has 1 atom stereocenters. The van der Waals surface area contributed by atoms with Gasteiger partial charge in [0.05, 0.1) is 6.61 Å². The van der Waals surface area contributed by atoms with Crippen LogP contribution in [0.3, 0.4) is 0 Å². The summed E-state index contributed by atoms with van der Waals surface area (Å²) in [5, 5.41) is 2.94. The molecule has 0 bridgehead atoms. The van der Waals surface area contributed by atoms with Crippen LogP contribution in [0.2, 0.25) is 0 Å². The summed E-state index contributed by atoms with van der Waals surface area (Å²) in [6.45, 7) is 1.23. The van der Waals surface area contributed by atoms with Gasteiger partial charge in [0.15, 0.2) is 0 Å². The second kappa shape index (κ2) is 9.44. The third-order valence-corrected chi connectivity index (χ3v) is 4.25. The Kier molecular flexibility index (Phi) is 7.29. The zero-order valence-electron chi connectivity index (χ0n) is 14.2. The minimum Gasteiger partial charge on any atom is -0.493 e. The Hall–Kier alpha value is -2.04. The molecule has 0 aromatic heterocycles. The number of halogens is 1. The van der Waals surface area contributed by atoms with Crippen molar-refractivity contribution in [1.82, 2.24) is 5.32 Å². The van der Waals surface area contributed by atoms with Crippen molar-refractivity contribution in [2.24, 2.45) is 11.7 Å². The van der Waals surface area contributed by atoms with E-state index in [-0.39, 0.29) is 30.8 Å². The fraction of sp³-hybridized carbons (Fsp3) is 0.350. The maximum Gasteiger partial charge on any atom is 0.222 e. The molecular formula is C20H25ClN2O2. The van der Waals surface area contributed by atoms with E-state index in [4.69, 9.17) is 10.5 Å². The van der Waals surface area contributed by atoms with Gasteiger partial charge >= 0.3 is 0 Å². The average molecular weight is 361 g/mol. The number of amides is 1. The van der Waals surface area contributed by atoms with Crippen molar-refractivity contribution in [1.29, 1.82) is 0 Å². The van der Waals surface area contributed by atoms with Crippen molar-refractivity contribution < 1.29 is 9.53 Å². The minimum absolute atomic E-state index is 0. The SMILES string of the molecule is Cl.NC(CC(=O)NCc1ccccc1OCC1CC1)c1ccccc1. The second-order valence-electron chi connectivity index (χ2n) is 6.36. The number of ether oxygens (including phenoxy) is 1. The lowest BCUT2D eigenvalue weighted by Gasteiger charge is -2.14.